The molecule has 4 heteroatoms. The van der Waals surface area contributed by atoms with Crippen LogP contribution in [0.4, 0.5) is 0 Å². The van der Waals surface area contributed by atoms with Gasteiger partial charge in [0.25, 0.3) is 0 Å². The molecular weight excluding hydrogens is 220 g/mol. The van der Waals surface area contributed by atoms with Gasteiger partial charge in [-0.15, -0.1) is 0 Å². The summed E-state index contributed by atoms with van der Waals surface area (Å²) >= 11 is 1.59. The van der Waals surface area contributed by atoms with Crippen molar-refractivity contribution in [1.29, 1.82) is 0 Å². The Balaban J connectivity index is 2.19. The highest BCUT2D eigenvalue weighted by molar-refractivity contribution is 7.99. The van der Waals surface area contributed by atoms with E-state index < -0.39 is 0 Å². The van der Waals surface area contributed by atoms with Crippen LogP contribution in [-0.2, 0) is 4.79 Å². The molecule has 0 atom stereocenters. The number of thioether (sulfide) groups is 1. The Morgan fingerprint density at radius 3 is 2.44 bits per heavy atom. The van der Waals surface area contributed by atoms with E-state index in [4.69, 9.17) is 0 Å². The third kappa shape index (κ3) is 4.34. The van der Waals surface area contributed by atoms with Gasteiger partial charge in [-0.1, -0.05) is 12.8 Å². The minimum Gasteiger partial charge on any atom is -0.344 e. The predicted octanol–water partition coefficient (Wildman–Crippen LogP) is 1.68. The molecule has 0 aromatic carbocycles. The molecule has 0 bridgehead atoms. The quantitative estimate of drug-likeness (QED) is 0.710. The Hall–Kier alpha value is -0.220. The van der Waals surface area contributed by atoms with Gasteiger partial charge in [-0.25, -0.2) is 0 Å². The molecule has 0 spiro atoms. The minimum absolute atomic E-state index is 0.243. The van der Waals surface area contributed by atoms with Gasteiger partial charge in [0.05, 0.1) is 5.75 Å². The van der Waals surface area contributed by atoms with Crippen LogP contribution in [0.5, 0.6) is 0 Å². The summed E-state index contributed by atoms with van der Waals surface area (Å²) in [7, 11) is 4.09. The fourth-order valence-corrected chi connectivity index (χ4v) is 2.66. The second kappa shape index (κ2) is 7.17. The summed E-state index contributed by atoms with van der Waals surface area (Å²) in [6.07, 6.45) is 7.38. The molecular formula is C12H24N2OS. The SMILES string of the molecule is CSCC(=O)N(C)CCN(C)C1CCCC1. The first kappa shape index (κ1) is 13.8. The molecule has 0 unspecified atom stereocenters. The van der Waals surface area contributed by atoms with E-state index in [2.05, 4.69) is 11.9 Å². The van der Waals surface area contributed by atoms with Crippen LogP contribution in [0.25, 0.3) is 0 Å². The number of amides is 1. The highest BCUT2D eigenvalue weighted by atomic mass is 32.2. The molecule has 1 amide bonds. The van der Waals surface area contributed by atoms with Crippen LogP contribution in [0.15, 0.2) is 0 Å². The van der Waals surface area contributed by atoms with E-state index in [1.165, 1.54) is 25.7 Å². The van der Waals surface area contributed by atoms with E-state index >= 15 is 0 Å². The lowest BCUT2D eigenvalue weighted by Gasteiger charge is -2.26. The van der Waals surface area contributed by atoms with E-state index in [1.54, 1.807) is 11.8 Å². The molecule has 1 saturated carbocycles. The fraction of sp³-hybridized carbons (Fsp3) is 0.917. The zero-order valence-corrected chi connectivity index (χ0v) is 11.6. The average Bonchev–Trinajstić information content (AvgIpc) is 2.79. The third-order valence-corrected chi connectivity index (χ3v) is 3.97. The van der Waals surface area contributed by atoms with Gasteiger partial charge in [0.2, 0.25) is 5.91 Å². The van der Waals surface area contributed by atoms with E-state index in [0.29, 0.717) is 5.75 Å². The summed E-state index contributed by atoms with van der Waals surface area (Å²) in [4.78, 5) is 15.8. The normalized spacial score (nSPS) is 17.0. The maximum Gasteiger partial charge on any atom is 0.232 e. The lowest BCUT2D eigenvalue weighted by molar-refractivity contribution is -0.127. The maximum atomic E-state index is 11.6. The van der Waals surface area contributed by atoms with Gasteiger partial charge in [-0.05, 0) is 26.1 Å². The lowest BCUT2D eigenvalue weighted by atomic mass is 10.2. The standard InChI is InChI=1S/C12H24N2OS/c1-13(11-6-4-5-7-11)8-9-14(2)12(15)10-16-3/h11H,4-10H2,1-3H3. The first-order valence-corrected chi connectivity index (χ1v) is 7.47. The molecule has 0 aromatic heterocycles. The van der Waals surface area contributed by atoms with E-state index in [1.807, 2.05) is 18.2 Å². The van der Waals surface area contributed by atoms with Crippen molar-refractivity contribution in [3.05, 3.63) is 0 Å². The van der Waals surface area contributed by atoms with Gasteiger partial charge in [0, 0.05) is 26.2 Å². The maximum absolute atomic E-state index is 11.6. The molecule has 0 heterocycles. The molecule has 1 aliphatic rings. The van der Waals surface area contributed by atoms with Gasteiger partial charge in [0.15, 0.2) is 0 Å². The molecule has 1 aliphatic carbocycles. The number of carbonyl (C=O) groups is 1. The van der Waals surface area contributed by atoms with Crippen LogP contribution in [0.2, 0.25) is 0 Å². The molecule has 0 aromatic rings. The zero-order chi connectivity index (χ0) is 12.0. The summed E-state index contributed by atoms with van der Waals surface area (Å²) in [5.74, 6) is 0.844. The number of hydrogen-bond acceptors (Lipinski definition) is 3. The van der Waals surface area contributed by atoms with E-state index in [9.17, 15) is 4.79 Å². The van der Waals surface area contributed by atoms with Gasteiger partial charge in [0.1, 0.15) is 0 Å². The highest BCUT2D eigenvalue weighted by Gasteiger charge is 2.19. The second-order valence-electron chi connectivity index (χ2n) is 4.67. The van der Waals surface area contributed by atoms with E-state index in [0.717, 1.165) is 19.1 Å². The molecule has 0 radical (unpaired) electrons. The zero-order valence-electron chi connectivity index (χ0n) is 10.7. The largest absolute Gasteiger partial charge is 0.344 e. The third-order valence-electron chi connectivity index (χ3n) is 3.43. The predicted molar refractivity (Wildman–Crippen MR) is 70.9 cm³/mol. The number of hydrogen-bond donors (Lipinski definition) is 0. The molecule has 1 fully saturated rings. The van der Waals surface area contributed by atoms with Crippen molar-refractivity contribution in [2.75, 3.05) is 39.2 Å². The number of nitrogens with zero attached hydrogens (tertiary/aromatic N) is 2. The molecule has 94 valence electrons. The number of carbonyl (C=O) groups excluding carboxylic acids is 1. The van der Waals surface area contributed by atoms with Crippen molar-refractivity contribution in [3.63, 3.8) is 0 Å². The van der Waals surface area contributed by atoms with Crippen molar-refractivity contribution in [3.8, 4) is 0 Å². The molecule has 0 saturated heterocycles. The summed E-state index contributed by atoms with van der Waals surface area (Å²) in [6, 6.07) is 0.754. The molecule has 3 nitrogen and oxygen atoms in total. The number of likely N-dealkylation sites (N-methyl/N-ethyl adjacent to an activating group) is 2. The van der Waals surface area contributed by atoms with Crippen molar-refractivity contribution in [1.82, 2.24) is 9.80 Å². The molecule has 0 aliphatic heterocycles. The van der Waals surface area contributed by atoms with Crippen molar-refractivity contribution in [2.45, 2.75) is 31.7 Å². The van der Waals surface area contributed by atoms with Crippen LogP contribution in [0.3, 0.4) is 0 Å². The van der Waals surface area contributed by atoms with E-state index in [-0.39, 0.29) is 5.91 Å². The Labute approximate surface area is 104 Å². The Kier molecular flexibility index (Phi) is 6.21. The Morgan fingerprint density at radius 2 is 1.88 bits per heavy atom. The van der Waals surface area contributed by atoms with Crippen molar-refractivity contribution in [2.24, 2.45) is 0 Å². The molecule has 16 heavy (non-hydrogen) atoms. The number of rotatable bonds is 6. The van der Waals surface area contributed by atoms with Crippen LogP contribution in [0, 0.1) is 0 Å². The van der Waals surface area contributed by atoms with Gasteiger partial charge in [-0.2, -0.15) is 11.8 Å². The summed E-state index contributed by atoms with van der Waals surface area (Å²) in [6.45, 7) is 1.85. The second-order valence-corrected chi connectivity index (χ2v) is 5.53. The highest BCUT2D eigenvalue weighted by Crippen LogP contribution is 2.21. The lowest BCUT2D eigenvalue weighted by Crippen LogP contribution is -2.39. The first-order valence-electron chi connectivity index (χ1n) is 6.08. The monoisotopic (exact) mass is 244 g/mol. The van der Waals surface area contributed by atoms with Gasteiger partial charge in [-0.3, -0.25) is 4.79 Å². The Morgan fingerprint density at radius 1 is 1.25 bits per heavy atom. The fourth-order valence-electron chi connectivity index (χ4n) is 2.19. The topological polar surface area (TPSA) is 23.6 Å². The first-order chi connectivity index (χ1) is 7.65. The van der Waals surface area contributed by atoms with Crippen LogP contribution >= 0.6 is 11.8 Å². The average molecular weight is 244 g/mol. The van der Waals surface area contributed by atoms with Crippen LogP contribution < -0.4 is 0 Å². The Bertz CT molecular complexity index is 217. The molecule has 0 N–H and O–H groups in total. The minimum atomic E-state index is 0.243. The smallest absolute Gasteiger partial charge is 0.232 e. The van der Waals surface area contributed by atoms with Crippen molar-refractivity contribution < 1.29 is 4.79 Å². The molecule has 1 rings (SSSR count). The van der Waals surface area contributed by atoms with Crippen LogP contribution in [-0.4, -0.2) is 60.9 Å². The summed E-state index contributed by atoms with van der Waals surface area (Å²) in [5.41, 5.74) is 0. The summed E-state index contributed by atoms with van der Waals surface area (Å²) < 4.78 is 0. The summed E-state index contributed by atoms with van der Waals surface area (Å²) in [5, 5.41) is 0. The van der Waals surface area contributed by atoms with Crippen LogP contribution in [0.1, 0.15) is 25.7 Å². The van der Waals surface area contributed by atoms with Gasteiger partial charge < -0.3 is 9.80 Å². The van der Waals surface area contributed by atoms with Crippen molar-refractivity contribution >= 4 is 17.7 Å². The van der Waals surface area contributed by atoms with Gasteiger partial charge >= 0.3 is 0 Å².